The second kappa shape index (κ2) is 9.51. The average molecular weight is 443 g/mol. The van der Waals surface area contributed by atoms with Gasteiger partial charge in [0, 0.05) is 18.7 Å². The molecule has 0 saturated carbocycles. The minimum atomic E-state index is -3.64. The summed E-state index contributed by atoms with van der Waals surface area (Å²) in [6.45, 7) is 3.48. The molecule has 1 amide bonds. The number of hydrogen-bond donors (Lipinski definition) is 1. The van der Waals surface area contributed by atoms with Crippen LogP contribution < -0.4 is 5.32 Å². The Morgan fingerprint density at radius 1 is 1.06 bits per heavy atom. The monoisotopic (exact) mass is 442 g/mol. The van der Waals surface area contributed by atoms with E-state index in [0.717, 1.165) is 24.8 Å². The minimum Gasteiger partial charge on any atom is -0.379 e. The molecule has 1 heterocycles. The van der Waals surface area contributed by atoms with Gasteiger partial charge in [-0.1, -0.05) is 31.2 Å². The number of sulfonamides is 1. The van der Waals surface area contributed by atoms with E-state index in [-0.39, 0.29) is 16.8 Å². The van der Waals surface area contributed by atoms with Gasteiger partial charge in [0.25, 0.3) is 5.91 Å². The predicted octanol–water partition coefficient (Wildman–Crippen LogP) is 3.47. The summed E-state index contributed by atoms with van der Waals surface area (Å²) in [7, 11) is -3.64. The molecule has 31 heavy (non-hydrogen) atoms. The normalized spacial score (nSPS) is 18.2. The molecule has 2 aromatic carbocycles. The van der Waals surface area contributed by atoms with Crippen molar-refractivity contribution in [2.75, 3.05) is 26.3 Å². The third-order valence-electron chi connectivity index (χ3n) is 6.19. The molecule has 0 aromatic heterocycles. The number of carbonyl (C=O) groups is 1. The zero-order valence-corrected chi connectivity index (χ0v) is 18.8. The number of ether oxygens (including phenoxy) is 1. The van der Waals surface area contributed by atoms with Crippen LogP contribution in [0, 0.1) is 0 Å². The van der Waals surface area contributed by atoms with E-state index in [4.69, 9.17) is 4.74 Å². The highest BCUT2D eigenvalue weighted by atomic mass is 32.2. The lowest BCUT2D eigenvalue weighted by Crippen LogP contribution is -2.40. The van der Waals surface area contributed by atoms with Crippen LogP contribution in [0.2, 0.25) is 0 Å². The molecule has 7 heteroatoms. The second-order valence-electron chi connectivity index (χ2n) is 8.21. The van der Waals surface area contributed by atoms with Gasteiger partial charge < -0.3 is 10.1 Å². The fourth-order valence-electron chi connectivity index (χ4n) is 4.37. The molecule has 2 aliphatic rings. The summed E-state index contributed by atoms with van der Waals surface area (Å²) in [6, 6.07) is 12.7. The number of benzene rings is 2. The van der Waals surface area contributed by atoms with E-state index < -0.39 is 10.0 Å². The van der Waals surface area contributed by atoms with Crippen LogP contribution >= 0.6 is 0 Å². The SMILES string of the molecule is CCC(NC(=O)c1cccc(S(=O)(=O)N2CCOCC2)c1)c1ccc2c(c1)CCCC2. The topological polar surface area (TPSA) is 75.7 Å². The highest BCUT2D eigenvalue weighted by molar-refractivity contribution is 7.89. The molecular formula is C24H30N2O4S. The van der Waals surface area contributed by atoms with E-state index in [9.17, 15) is 13.2 Å². The third kappa shape index (κ3) is 4.84. The number of nitrogens with zero attached hydrogens (tertiary/aromatic N) is 1. The fraction of sp³-hybridized carbons (Fsp3) is 0.458. The van der Waals surface area contributed by atoms with Crippen LogP contribution in [0.3, 0.4) is 0 Å². The molecule has 6 nitrogen and oxygen atoms in total. The van der Waals surface area contributed by atoms with E-state index in [0.29, 0.717) is 31.9 Å². The number of nitrogens with one attached hydrogen (secondary N) is 1. The number of aryl methyl sites for hydroxylation is 2. The molecule has 0 radical (unpaired) electrons. The van der Waals surface area contributed by atoms with Gasteiger partial charge in [-0.2, -0.15) is 4.31 Å². The maximum atomic E-state index is 13.0. The van der Waals surface area contributed by atoms with Crippen LogP contribution in [0.25, 0.3) is 0 Å². The summed E-state index contributed by atoms with van der Waals surface area (Å²) in [5.41, 5.74) is 4.26. The molecule has 1 saturated heterocycles. The van der Waals surface area contributed by atoms with E-state index in [2.05, 4.69) is 23.5 Å². The van der Waals surface area contributed by atoms with Crippen molar-refractivity contribution in [3.05, 3.63) is 64.7 Å². The Hall–Kier alpha value is -2.22. The summed E-state index contributed by atoms with van der Waals surface area (Å²) < 4.78 is 32.5. The van der Waals surface area contributed by atoms with Crippen LogP contribution in [0.4, 0.5) is 0 Å². The van der Waals surface area contributed by atoms with Gasteiger partial charge in [0.2, 0.25) is 10.0 Å². The lowest BCUT2D eigenvalue weighted by atomic mass is 9.88. The Bertz CT molecular complexity index is 1050. The molecular weight excluding hydrogens is 412 g/mol. The summed E-state index contributed by atoms with van der Waals surface area (Å²) >= 11 is 0. The van der Waals surface area contributed by atoms with Gasteiger partial charge in [-0.25, -0.2) is 8.42 Å². The Labute approximate surface area is 184 Å². The lowest BCUT2D eigenvalue weighted by Gasteiger charge is -2.26. The van der Waals surface area contributed by atoms with Crippen LogP contribution in [0.15, 0.2) is 47.4 Å². The van der Waals surface area contributed by atoms with E-state index in [1.807, 2.05) is 6.92 Å². The zero-order chi connectivity index (χ0) is 21.8. The minimum absolute atomic E-state index is 0.112. The molecule has 1 unspecified atom stereocenters. The summed E-state index contributed by atoms with van der Waals surface area (Å²) in [6.07, 6.45) is 5.43. The number of hydrogen-bond acceptors (Lipinski definition) is 4. The summed E-state index contributed by atoms with van der Waals surface area (Å²) in [5.74, 6) is -0.261. The molecule has 1 N–H and O–H groups in total. The first-order valence-corrected chi connectivity index (χ1v) is 12.5. The van der Waals surface area contributed by atoms with Crippen molar-refractivity contribution in [3.8, 4) is 0 Å². The second-order valence-corrected chi connectivity index (χ2v) is 10.2. The van der Waals surface area contributed by atoms with Crippen molar-refractivity contribution in [1.29, 1.82) is 0 Å². The van der Waals surface area contributed by atoms with Crippen LogP contribution in [0.5, 0.6) is 0 Å². The third-order valence-corrected chi connectivity index (χ3v) is 8.09. The van der Waals surface area contributed by atoms with Crippen molar-refractivity contribution < 1.29 is 17.9 Å². The molecule has 0 bridgehead atoms. The smallest absolute Gasteiger partial charge is 0.251 e. The van der Waals surface area contributed by atoms with Crippen molar-refractivity contribution in [3.63, 3.8) is 0 Å². The molecule has 1 atom stereocenters. The van der Waals surface area contributed by atoms with Gasteiger partial charge in [0.1, 0.15) is 0 Å². The number of fused-ring (bicyclic) bond motifs is 1. The zero-order valence-electron chi connectivity index (χ0n) is 18.0. The average Bonchev–Trinajstić information content (AvgIpc) is 2.82. The molecule has 166 valence electrons. The first kappa shape index (κ1) is 22.0. The van der Waals surface area contributed by atoms with Crippen molar-refractivity contribution in [2.24, 2.45) is 0 Å². The number of amides is 1. The largest absolute Gasteiger partial charge is 0.379 e. The van der Waals surface area contributed by atoms with Gasteiger partial charge in [0.15, 0.2) is 0 Å². The van der Waals surface area contributed by atoms with Crippen molar-refractivity contribution >= 4 is 15.9 Å². The van der Waals surface area contributed by atoms with Gasteiger partial charge in [-0.15, -0.1) is 0 Å². The number of carbonyl (C=O) groups excluding carboxylic acids is 1. The quantitative estimate of drug-likeness (QED) is 0.743. The maximum absolute atomic E-state index is 13.0. The molecule has 1 aliphatic carbocycles. The first-order valence-electron chi connectivity index (χ1n) is 11.1. The molecule has 2 aromatic rings. The van der Waals surface area contributed by atoms with Crippen molar-refractivity contribution in [1.82, 2.24) is 9.62 Å². The number of rotatable bonds is 6. The van der Waals surface area contributed by atoms with Crippen LogP contribution in [0.1, 0.15) is 59.3 Å². The Kier molecular flexibility index (Phi) is 6.74. The standard InChI is InChI=1S/C24H30N2O4S/c1-2-23(20-11-10-18-6-3-4-7-19(18)16-20)25-24(27)21-8-5-9-22(17-21)31(28,29)26-12-14-30-15-13-26/h5,8-11,16-17,23H,2-4,6-7,12-15H2,1H3,(H,25,27). The molecule has 0 spiro atoms. The molecule has 4 rings (SSSR count). The predicted molar refractivity (Wildman–Crippen MR) is 120 cm³/mol. The van der Waals surface area contributed by atoms with E-state index in [1.54, 1.807) is 18.2 Å². The van der Waals surface area contributed by atoms with E-state index in [1.165, 1.54) is 34.3 Å². The Balaban J connectivity index is 1.52. The van der Waals surface area contributed by atoms with Gasteiger partial charge in [0.05, 0.1) is 24.2 Å². The van der Waals surface area contributed by atoms with Gasteiger partial charge >= 0.3 is 0 Å². The van der Waals surface area contributed by atoms with Gasteiger partial charge in [-0.3, -0.25) is 4.79 Å². The van der Waals surface area contributed by atoms with Crippen molar-refractivity contribution in [2.45, 2.75) is 50.0 Å². The summed E-state index contributed by atoms with van der Waals surface area (Å²) in [4.78, 5) is 13.1. The fourth-order valence-corrected chi connectivity index (χ4v) is 5.82. The van der Waals surface area contributed by atoms with Gasteiger partial charge in [-0.05, 0) is 67.0 Å². The Morgan fingerprint density at radius 3 is 2.55 bits per heavy atom. The summed E-state index contributed by atoms with van der Waals surface area (Å²) in [5, 5.41) is 3.10. The highest BCUT2D eigenvalue weighted by Crippen LogP contribution is 2.26. The van der Waals surface area contributed by atoms with Crippen LogP contribution in [-0.4, -0.2) is 44.9 Å². The number of morpholine rings is 1. The Morgan fingerprint density at radius 2 is 1.81 bits per heavy atom. The van der Waals surface area contributed by atoms with E-state index >= 15 is 0 Å². The van der Waals surface area contributed by atoms with Crippen LogP contribution in [-0.2, 0) is 27.6 Å². The lowest BCUT2D eigenvalue weighted by molar-refractivity contribution is 0.0730. The maximum Gasteiger partial charge on any atom is 0.251 e. The molecule has 1 fully saturated rings. The molecule has 1 aliphatic heterocycles. The highest BCUT2D eigenvalue weighted by Gasteiger charge is 2.27. The first-order chi connectivity index (χ1) is 15.0.